The van der Waals surface area contributed by atoms with E-state index in [-0.39, 0.29) is 13.2 Å². The number of hydrogen-bond donors (Lipinski definition) is 2. The number of fused-ring (bicyclic) bond motifs is 1. The normalized spacial score (nSPS) is 15.5. The maximum absolute atomic E-state index is 10.6. The Kier molecular flexibility index (Phi) is 5.05. The van der Waals surface area contributed by atoms with Crippen LogP contribution in [0, 0.1) is 0 Å². The molecule has 1 aliphatic heterocycles. The smallest absolute Gasteiger partial charge is 0.243 e. The van der Waals surface area contributed by atoms with Gasteiger partial charge in [-0.25, -0.2) is 0 Å². The molecule has 2 rings (SSSR count). The fourth-order valence-electron chi connectivity index (χ4n) is 1.86. The van der Waals surface area contributed by atoms with Crippen molar-refractivity contribution in [1.29, 1.82) is 0 Å². The SMILES string of the molecule is NC(=O)COCC(N)c1cc2c(cc1Cl)OCCCO2. The molecule has 1 heterocycles. The van der Waals surface area contributed by atoms with Crippen LogP contribution in [0.1, 0.15) is 18.0 Å². The lowest BCUT2D eigenvalue weighted by Crippen LogP contribution is -2.23. The fraction of sp³-hybridized carbons (Fsp3) is 0.462. The molecular formula is C13H17ClN2O4. The maximum atomic E-state index is 10.6. The van der Waals surface area contributed by atoms with Gasteiger partial charge < -0.3 is 25.7 Å². The highest BCUT2D eigenvalue weighted by molar-refractivity contribution is 6.31. The van der Waals surface area contributed by atoms with Crippen LogP contribution in [0.3, 0.4) is 0 Å². The molecule has 1 atom stereocenters. The van der Waals surface area contributed by atoms with Crippen molar-refractivity contribution >= 4 is 17.5 Å². The van der Waals surface area contributed by atoms with Crippen molar-refractivity contribution in [3.63, 3.8) is 0 Å². The Hall–Kier alpha value is -1.50. The van der Waals surface area contributed by atoms with E-state index in [2.05, 4.69) is 0 Å². The minimum atomic E-state index is -0.540. The lowest BCUT2D eigenvalue weighted by atomic mass is 10.1. The molecule has 0 saturated heterocycles. The summed E-state index contributed by atoms with van der Waals surface area (Å²) in [5.41, 5.74) is 11.7. The second-order valence-electron chi connectivity index (χ2n) is 4.46. The molecule has 0 bridgehead atoms. The first-order chi connectivity index (χ1) is 9.58. The van der Waals surface area contributed by atoms with Crippen molar-refractivity contribution in [1.82, 2.24) is 0 Å². The zero-order valence-electron chi connectivity index (χ0n) is 10.9. The molecule has 0 aliphatic carbocycles. The number of primary amides is 1. The minimum absolute atomic E-state index is 0.141. The number of ether oxygens (including phenoxy) is 3. The number of amides is 1. The largest absolute Gasteiger partial charge is 0.490 e. The molecule has 6 nitrogen and oxygen atoms in total. The van der Waals surface area contributed by atoms with Crippen molar-refractivity contribution in [2.24, 2.45) is 11.5 Å². The summed E-state index contributed by atoms with van der Waals surface area (Å²) in [6.07, 6.45) is 0.815. The van der Waals surface area contributed by atoms with E-state index in [4.69, 9.17) is 37.3 Å². The molecule has 1 amide bonds. The molecule has 110 valence electrons. The van der Waals surface area contributed by atoms with E-state index < -0.39 is 11.9 Å². The Labute approximate surface area is 121 Å². The third kappa shape index (κ3) is 3.75. The van der Waals surface area contributed by atoms with Gasteiger partial charge >= 0.3 is 0 Å². The summed E-state index contributed by atoms with van der Waals surface area (Å²) in [4.78, 5) is 10.6. The van der Waals surface area contributed by atoms with E-state index in [0.717, 1.165) is 6.42 Å². The third-order valence-electron chi connectivity index (χ3n) is 2.81. The van der Waals surface area contributed by atoms with Crippen LogP contribution < -0.4 is 20.9 Å². The Morgan fingerprint density at radius 2 is 2.00 bits per heavy atom. The number of halogens is 1. The number of rotatable bonds is 5. The Balaban J connectivity index is 2.10. The van der Waals surface area contributed by atoms with Crippen LogP contribution in [0.2, 0.25) is 5.02 Å². The maximum Gasteiger partial charge on any atom is 0.243 e. The van der Waals surface area contributed by atoms with Crippen LogP contribution in [0.25, 0.3) is 0 Å². The summed E-state index contributed by atoms with van der Waals surface area (Å²) < 4.78 is 16.2. The molecule has 7 heteroatoms. The second-order valence-corrected chi connectivity index (χ2v) is 4.87. The Morgan fingerprint density at radius 1 is 1.35 bits per heavy atom. The van der Waals surface area contributed by atoms with Gasteiger partial charge in [-0.15, -0.1) is 0 Å². The lowest BCUT2D eigenvalue weighted by Gasteiger charge is -2.16. The van der Waals surface area contributed by atoms with Crippen LogP contribution in [0.4, 0.5) is 0 Å². The van der Waals surface area contributed by atoms with Gasteiger partial charge in [0, 0.05) is 17.5 Å². The van der Waals surface area contributed by atoms with Gasteiger partial charge in [0.05, 0.1) is 25.9 Å². The molecule has 1 aromatic carbocycles. The third-order valence-corrected chi connectivity index (χ3v) is 3.14. The summed E-state index contributed by atoms with van der Waals surface area (Å²) in [5.74, 6) is 0.690. The molecule has 0 spiro atoms. The van der Waals surface area contributed by atoms with E-state index in [1.54, 1.807) is 12.1 Å². The monoisotopic (exact) mass is 300 g/mol. The van der Waals surface area contributed by atoms with Gasteiger partial charge in [0.1, 0.15) is 6.61 Å². The van der Waals surface area contributed by atoms with Crippen molar-refractivity contribution in [2.75, 3.05) is 26.4 Å². The predicted molar refractivity (Wildman–Crippen MR) is 74.0 cm³/mol. The van der Waals surface area contributed by atoms with Crippen molar-refractivity contribution in [3.05, 3.63) is 22.7 Å². The number of carbonyl (C=O) groups excluding carboxylic acids is 1. The van der Waals surface area contributed by atoms with Crippen LogP contribution in [0.15, 0.2) is 12.1 Å². The summed E-state index contributed by atoms with van der Waals surface area (Å²) in [7, 11) is 0. The van der Waals surface area contributed by atoms with E-state index in [9.17, 15) is 4.79 Å². The van der Waals surface area contributed by atoms with Crippen molar-refractivity contribution in [3.8, 4) is 11.5 Å². The van der Waals surface area contributed by atoms with Crippen LogP contribution in [-0.2, 0) is 9.53 Å². The van der Waals surface area contributed by atoms with Crippen LogP contribution in [-0.4, -0.2) is 32.3 Å². The summed E-state index contributed by atoms with van der Waals surface area (Å²) in [6.45, 7) is 1.15. The average molecular weight is 301 g/mol. The Morgan fingerprint density at radius 3 is 2.65 bits per heavy atom. The number of benzene rings is 1. The Bertz CT molecular complexity index is 496. The summed E-state index contributed by atoms with van der Waals surface area (Å²) in [6, 6.07) is 2.96. The number of hydrogen-bond acceptors (Lipinski definition) is 5. The molecule has 1 unspecified atom stereocenters. The molecule has 20 heavy (non-hydrogen) atoms. The van der Waals surface area contributed by atoms with E-state index >= 15 is 0 Å². The van der Waals surface area contributed by atoms with Crippen LogP contribution >= 0.6 is 11.6 Å². The number of carbonyl (C=O) groups is 1. The van der Waals surface area contributed by atoms with Gasteiger partial charge in [0.15, 0.2) is 11.5 Å². The van der Waals surface area contributed by atoms with Gasteiger partial charge in [0.25, 0.3) is 0 Å². The highest BCUT2D eigenvalue weighted by atomic mass is 35.5. The van der Waals surface area contributed by atoms with Gasteiger partial charge in [-0.1, -0.05) is 11.6 Å². The summed E-state index contributed by atoms with van der Waals surface area (Å²) in [5, 5.41) is 0.476. The first kappa shape index (κ1) is 14.9. The molecule has 4 N–H and O–H groups in total. The second kappa shape index (κ2) is 6.78. The van der Waals surface area contributed by atoms with Crippen molar-refractivity contribution < 1.29 is 19.0 Å². The fourth-order valence-corrected chi connectivity index (χ4v) is 2.15. The summed E-state index contributed by atoms with van der Waals surface area (Å²) >= 11 is 6.19. The average Bonchev–Trinajstić information content (AvgIpc) is 2.61. The highest BCUT2D eigenvalue weighted by Crippen LogP contribution is 2.36. The van der Waals surface area contributed by atoms with Gasteiger partial charge in [-0.2, -0.15) is 0 Å². The molecule has 1 aromatic rings. The number of nitrogens with two attached hydrogens (primary N) is 2. The van der Waals surface area contributed by atoms with E-state index in [1.807, 2.05) is 0 Å². The minimum Gasteiger partial charge on any atom is -0.490 e. The van der Waals surface area contributed by atoms with Gasteiger partial charge in [0.2, 0.25) is 5.91 Å². The van der Waals surface area contributed by atoms with Gasteiger partial charge in [-0.3, -0.25) is 4.79 Å². The zero-order valence-corrected chi connectivity index (χ0v) is 11.7. The molecule has 0 saturated carbocycles. The lowest BCUT2D eigenvalue weighted by molar-refractivity contribution is -0.122. The highest BCUT2D eigenvalue weighted by Gasteiger charge is 2.18. The van der Waals surface area contributed by atoms with Crippen molar-refractivity contribution in [2.45, 2.75) is 12.5 Å². The first-order valence-corrected chi connectivity index (χ1v) is 6.66. The molecule has 0 fully saturated rings. The predicted octanol–water partition coefficient (Wildman–Crippen LogP) is 1.00. The zero-order chi connectivity index (χ0) is 14.5. The molecular weight excluding hydrogens is 284 g/mol. The van der Waals surface area contributed by atoms with Crippen LogP contribution in [0.5, 0.6) is 11.5 Å². The van der Waals surface area contributed by atoms with Gasteiger partial charge in [-0.05, 0) is 11.6 Å². The first-order valence-electron chi connectivity index (χ1n) is 6.28. The topological polar surface area (TPSA) is 96.8 Å². The molecule has 0 radical (unpaired) electrons. The standard InChI is InChI=1S/C13H17ClN2O4/c14-9-5-12-11(19-2-1-3-20-12)4-8(9)10(15)6-18-7-13(16)17/h4-5,10H,1-3,6-7,15H2,(H2,16,17). The quantitative estimate of drug-likeness (QED) is 0.845. The molecule has 0 aromatic heterocycles. The van der Waals surface area contributed by atoms with E-state index in [0.29, 0.717) is 35.3 Å². The van der Waals surface area contributed by atoms with E-state index in [1.165, 1.54) is 0 Å². The molecule has 1 aliphatic rings.